The second-order valence-electron chi connectivity index (χ2n) is 7.23. The summed E-state index contributed by atoms with van der Waals surface area (Å²) in [6.45, 7) is 4.32. The highest BCUT2D eigenvalue weighted by atomic mass is 16.2. The molecule has 5 heteroatoms. The Morgan fingerprint density at radius 3 is 1.90 bits per heavy atom. The van der Waals surface area contributed by atoms with Crippen molar-refractivity contribution in [3.63, 3.8) is 0 Å². The van der Waals surface area contributed by atoms with Crippen LogP contribution in [0.2, 0.25) is 0 Å². The van der Waals surface area contributed by atoms with Crippen molar-refractivity contribution in [2.24, 2.45) is 0 Å². The zero-order valence-corrected chi connectivity index (χ0v) is 17.3. The van der Waals surface area contributed by atoms with Gasteiger partial charge in [0.15, 0.2) is 6.04 Å². The summed E-state index contributed by atoms with van der Waals surface area (Å²) >= 11 is 0. The van der Waals surface area contributed by atoms with Crippen LogP contribution in [0, 0.1) is 6.92 Å². The first kappa shape index (κ1) is 21.3. The molecule has 3 aromatic carbocycles. The van der Waals surface area contributed by atoms with Crippen LogP contribution >= 0.6 is 0 Å². The van der Waals surface area contributed by atoms with Crippen LogP contribution in [0.5, 0.6) is 0 Å². The van der Waals surface area contributed by atoms with Gasteiger partial charge >= 0.3 is 6.03 Å². The third-order valence-corrected chi connectivity index (χ3v) is 5.00. The summed E-state index contributed by atoms with van der Waals surface area (Å²) in [6, 6.07) is 26.8. The van der Waals surface area contributed by atoms with E-state index in [1.165, 1.54) is 5.56 Å². The Kier molecular flexibility index (Phi) is 7.35. The zero-order valence-electron chi connectivity index (χ0n) is 17.3. The first-order chi connectivity index (χ1) is 14.6. The topological polar surface area (TPSA) is 74.8 Å². The summed E-state index contributed by atoms with van der Waals surface area (Å²) in [4.78, 5) is 25.1. The van der Waals surface area contributed by atoms with Crippen LogP contribution < -0.4 is 16.0 Å². The predicted molar refractivity (Wildman–Crippen MR) is 118 cm³/mol. The van der Waals surface area contributed by atoms with Crippen molar-refractivity contribution in [1.82, 2.24) is 10.6 Å². The van der Waals surface area contributed by atoms with Crippen molar-refractivity contribution in [2.45, 2.75) is 25.9 Å². The number of quaternary nitrogens is 1. The fourth-order valence-corrected chi connectivity index (χ4v) is 3.45. The molecule has 0 spiro atoms. The van der Waals surface area contributed by atoms with Crippen molar-refractivity contribution in [1.29, 1.82) is 0 Å². The van der Waals surface area contributed by atoms with E-state index < -0.39 is 12.1 Å². The van der Waals surface area contributed by atoms with Gasteiger partial charge in [-0.05, 0) is 13.8 Å². The van der Waals surface area contributed by atoms with E-state index >= 15 is 0 Å². The molecule has 3 amide bonds. The summed E-state index contributed by atoms with van der Waals surface area (Å²) in [5, 5.41) is 7.12. The minimum absolute atomic E-state index is 0.100. The molecule has 0 aromatic heterocycles. The van der Waals surface area contributed by atoms with Gasteiger partial charge in [0.05, 0.1) is 0 Å². The van der Waals surface area contributed by atoms with Crippen LogP contribution in [0.15, 0.2) is 84.9 Å². The van der Waals surface area contributed by atoms with Gasteiger partial charge in [0.1, 0.15) is 6.04 Å². The molecule has 3 aromatic rings. The lowest BCUT2D eigenvalue weighted by atomic mass is 9.95. The largest absolute Gasteiger partial charge is 0.338 e. The van der Waals surface area contributed by atoms with E-state index in [0.717, 1.165) is 16.7 Å². The second kappa shape index (κ2) is 10.4. The van der Waals surface area contributed by atoms with E-state index in [0.29, 0.717) is 6.54 Å². The maximum atomic E-state index is 13.1. The number of carbonyl (C=O) groups excluding carboxylic acids is 2. The lowest BCUT2D eigenvalue weighted by Gasteiger charge is -2.23. The minimum atomic E-state index is -0.583. The molecular formula is C25H28N3O2+. The number of hydrogen-bond acceptors (Lipinski definition) is 2. The Bertz CT molecular complexity index is 957. The van der Waals surface area contributed by atoms with Gasteiger partial charge in [0.25, 0.3) is 5.91 Å². The molecule has 2 atom stereocenters. The first-order valence-electron chi connectivity index (χ1n) is 10.2. The number of rotatable bonds is 7. The van der Waals surface area contributed by atoms with Crippen molar-refractivity contribution >= 4 is 11.9 Å². The van der Waals surface area contributed by atoms with E-state index in [1.54, 1.807) is 0 Å². The van der Waals surface area contributed by atoms with Gasteiger partial charge in [-0.25, -0.2) is 4.79 Å². The van der Waals surface area contributed by atoms with Gasteiger partial charge in [0, 0.05) is 23.2 Å². The number of urea groups is 1. The van der Waals surface area contributed by atoms with E-state index in [9.17, 15) is 9.59 Å². The standard InChI is InChI=1S/C25H27N3O2/c1-3-26-25(30)28-24(29)23(20-12-8-5-9-13-20)27-22(19-10-6-4-7-11-19)21-16-14-18(2)15-17-21/h4-17,22-23,27H,3H2,1-2H3,(H2,26,28,29,30)/p+1/t22-,23-/m1/s1. The van der Waals surface area contributed by atoms with Crippen molar-refractivity contribution in [2.75, 3.05) is 6.54 Å². The van der Waals surface area contributed by atoms with Crippen molar-refractivity contribution < 1.29 is 14.9 Å². The molecule has 0 bridgehead atoms. The fraction of sp³-hybridized carbons (Fsp3) is 0.200. The Balaban J connectivity index is 1.96. The van der Waals surface area contributed by atoms with Crippen molar-refractivity contribution in [3.05, 3.63) is 107 Å². The van der Waals surface area contributed by atoms with E-state index in [1.807, 2.05) is 60.8 Å². The number of hydrogen-bond donors (Lipinski definition) is 3. The first-order valence-corrected chi connectivity index (χ1v) is 10.2. The molecule has 0 aliphatic heterocycles. The van der Waals surface area contributed by atoms with Crippen LogP contribution in [0.3, 0.4) is 0 Å². The van der Waals surface area contributed by atoms with Gasteiger partial charge in [-0.2, -0.15) is 0 Å². The summed E-state index contributed by atoms with van der Waals surface area (Å²) < 4.78 is 0. The maximum absolute atomic E-state index is 13.1. The van der Waals surface area contributed by atoms with Gasteiger partial charge in [-0.15, -0.1) is 0 Å². The SMILES string of the molecule is CCNC(=O)NC(=O)[C@H]([NH2+][C@H](c1ccccc1)c1ccc(C)cc1)c1ccccc1. The van der Waals surface area contributed by atoms with E-state index in [2.05, 4.69) is 54.0 Å². The molecule has 30 heavy (non-hydrogen) atoms. The van der Waals surface area contributed by atoms with Crippen LogP contribution in [0.4, 0.5) is 4.79 Å². The molecule has 5 nitrogen and oxygen atoms in total. The number of nitrogens with one attached hydrogen (secondary N) is 2. The number of benzene rings is 3. The Hall–Kier alpha value is -3.44. The summed E-state index contributed by atoms with van der Waals surface area (Å²) in [5.41, 5.74) is 4.21. The molecule has 3 rings (SSSR count). The predicted octanol–water partition coefficient (Wildman–Crippen LogP) is 3.23. The molecule has 4 N–H and O–H groups in total. The quantitative estimate of drug-likeness (QED) is 0.568. The van der Waals surface area contributed by atoms with Crippen LogP contribution in [-0.4, -0.2) is 18.5 Å². The Morgan fingerprint density at radius 1 is 0.800 bits per heavy atom. The number of carbonyl (C=O) groups is 2. The molecule has 154 valence electrons. The average molecular weight is 403 g/mol. The summed E-state index contributed by atoms with van der Waals surface area (Å²) in [5.74, 6) is -0.347. The fourth-order valence-electron chi connectivity index (χ4n) is 3.45. The van der Waals surface area contributed by atoms with Gasteiger partial charge in [-0.3, -0.25) is 10.1 Å². The molecular weight excluding hydrogens is 374 g/mol. The monoisotopic (exact) mass is 402 g/mol. The third kappa shape index (κ3) is 5.55. The van der Waals surface area contributed by atoms with E-state index in [-0.39, 0.29) is 11.9 Å². The van der Waals surface area contributed by atoms with Crippen LogP contribution in [-0.2, 0) is 4.79 Å². The highest BCUT2D eigenvalue weighted by molar-refractivity contribution is 5.96. The molecule has 0 saturated carbocycles. The molecule has 0 radical (unpaired) electrons. The smallest absolute Gasteiger partial charge is 0.321 e. The molecule has 0 heterocycles. The second-order valence-corrected chi connectivity index (χ2v) is 7.23. The number of amides is 3. The summed E-state index contributed by atoms with van der Waals surface area (Å²) in [7, 11) is 0. The van der Waals surface area contributed by atoms with Crippen LogP contribution in [0.1, 0.15) is 41.3 Å². The zero-order chi connectivity index (χ0) is 21.3. The molecule has 0 aliphatic carbocycles. The minimum Gasteiger partial charge on any atom is -0.338 e. The van der Waals surface area contributed by atoms with Gasteiger partial charge in [0.2, 0.25) is 0 Å². The summed E-state index contributed by atoms with van der Waals surface area (Å²) in [6.07, 6.45) is 0. The lowest BCUT2D eigenvalue weighted by Crippen LogP contribution is -2.88. The number of imide groups is 1. The molecule has 0 saturated heterocycles. The number of aryl methyl sites for hydroxylation is 1. The van der Waals surface area contributed by atoms with Crippen LogP contribution in [0.25, 0.3) is 0 Å². The Morgan fingerprint density at radius 2 is 1.33 bits per heavy atom. The van der Waals surface area contributed by atoms with Crippen molar-refractivity contribution in [3.8, 4) is 0 Å². The average Bonchev–Trinajstić information content (AvgIpc) is 2.76. The molecule has 0 fully saturated rings. The Labute approximate surface area is 177 Å². The van der Waals surface area contributed by atoms with Gasteiger partial charge in [-0.1, -0.05) is 90.5 Å². The highest BCUT2D eigenvalue weighted by Gasteiger charge is 2.30. The lowest BCUT2D eigenvalue weighted by molar-refractivity contribution is -0.713. The van der Waals surface area contributed by atoms with E-state index in [4.69, 9.17) is 0 Å². The third-order valence-electron chi connectivity index (χ3n) is 5.00. The molecule has 0 aliphatic rings. The maximum Gasteiger partial charge on any atom is 0.321 e. The number of nitrogens with two attached hydrogens (primary N) is 1. The highest BCUT2D eigenvalue weighted by Crippen LogP contribution is 2.21. The normalized spacial score (nSPS) is 12.6. The van der Waals surface area contributed by atoms with Gasteiger partial charge < -0.3 is 10.6 Å². The molecule has 0 unspecified atom stereocenters.